The van der Waals surface area contributed by atoms with Gasteiger partial charge >= 0.3 is 6.03 Å². The molecule has 2 heterocycles. The molecule has 1 saturated carbocycles. The van der Waals surface area contributed by atoms with Crippen molar-refractivity contribution in [3.05, 3.63) is 30.6 Å². The van der Waals surface area contributed by atoms with E-state index in [1.807, 2.05) is 18.2 Å². The van der Waals surface area contributed by atoms with E-state index in [2.05, 4.69) is 31.1 Å². The molecule has 2 aromatic rings. The van der Waals surface area contributed by atoms with Gasteiger partial charge in [-0.1, -0.05) is 20.8 Å². The van der Waals surface area contributed by atoms with Crippen molar-refractivity contribution in [2.75, 3.05) is 0 Å². The number of hydrogen-bond acceptors (Lipinski definition) is 2. The predicted octanol–water partition coefficient (Wildman–Crippen LogP) is 4.20. The number of carbonyl (C=O) groups excluding carboxylic acids is 1. The second-order valence-electron chi connectivity index (χ2n) is 7.47. The Labute approximate surface area is 131 Å². The van der Waals surface area contributed by atoms with Crippen LogP contribution < -0.4 is 5.32 Å². The van der Waals surface area contributed by atoms with Gasteiger partial charge in [0.2, 0.25) is 0 Å². The molecule has 0 bridgehead atoms. The van der Waals surface area contributed by atoms with Gasteiger partial charge in [-0.3, -0.25) is 4.57 Å². The molecule has 4 heteroatoms. The summed E-state index contributed by atoms with van der Waals surface area (Å²) in [5, 5.41) is 4.16. The lowest BCUT2D eigenvalue weighted by Gasteiger charge is -2.37. The first kappa shape index (κ1) is 15.1. The van der Waals surface area contributed by atoms with E-state index in [0.29, 0.717) is 5.41 Å². The van der Waals surface area contributed by atoms with Crippen LogP contribution >= 0.6 is 0 Å². The van der Waals surface area contributed by atoms with Crippen LogP contribution in [0.3, 0.4) is 0 Å². The highest BCUT2D eigenvalue weighted by Gasteiger charge is 2.30. The molecule has 1 N–H and O–H groups in total. The standard InChI is InChI=1S/C18H25N3O/c1-18(2,3)14-6-8-15(9-7-14)20-17(22)21-12-10-13-5-4-11-19-16(13)21/h4-5,10-12,14-15H,6-9H2,1-3H3,(H,20,22). The molecule has 0 spiro atoms. The predicted molar refractivity (Wildman–Crippen MR) is 88.9 cm³/mol. The Morgan fingerprint density at radius 1 is 1.23 bits per heavy atom. The first-order chi connectivity index (χ1) is 10.4. The fraction of sp³-hybridized carbons (Fsp3) is 0.556. The normalized spacial score (nSPS) is 22.7. The van der Waals surface area contributed by atoms with Crippen LogP contribution in [0.2, 0.25) is 0 Å². The van der Waals surface area contributed by atoms with Crippen molar-refractivity contribution in [2.24, 2.45) is 11.3 Å². The molecular formula is C18H25N3O. The minimum atomic E-state index is -0.0621. The smallest absolute Gasteiger partial charge is 0.327 e. The van der Waals surface area contributed by atoms with Crippen LogP contribution in [0.25, 0.3) is 11.0 Å². The molecule has 4 nitrogen and oxygen atoms in total. The highest BCUT2D eigenvalue weighted by Crippen LogP contribution is 2.37. The zero-order chi connectivity index (χ0) is 15.7. The monoisotopic (exact) mass is 299 g/mol. The van der Waals surface area contributed by atoms with Gasteiger partial charge in [-0.25, -0.2) is 9.78 Å². The Morgan fingerprint density at radius 2 is 1.95 bits per heavy atom. The van der Waals surface area contributed by atoms with Gasteiger partial charge in [0.25, 0.3) is 0 Å². The number of nitrogens with zero attached hydrogens (tertiary/aromatic N) is 2. The van der Waals surface area contributed by atoms with E-state index in [1.165, 1.54) is 12.8 Å². The number of pyridine rings is 1. The average molecular weight is 299 g/mol. The first-order valence-corrected chi connectivity index (χ1v) is 8.18. The van der Waals surface area contributed by atoms with Gasteiger partial charge < -0.3 is 5.32 Å². The molecule has 118 valence electrons. The molecule has 1 amide bonds. The van der Waals surface area contributed by atoms with Crippen LogP contribution in [0.1, 0.15) is 46.5 Å². The molecule has 1 aliphatic carbocycles. The molecule has 0 aromatic carbocycles. The minimum Gasteiger partial charge on any atom is -0.335 e. The lowest BCUT2D eigenvalue weighted by molar-refractivity contribution is 0.160. The quantitative estimate of drug-likeness (QED) is 0.858. The lowest BCUT2D eigenvalue weighted by Crippen LogP contribution is -2.41. The van der Waals surface area contributed by atoms with E-state index in [9.17, 15) is 4.79 Å². The van der Waals surface area contributed by atoms with E-state index in [1.54, 1.807) is 17.0 Å². The van der Waals surface area contributed by atoms with E-state index in [-0.39, 0.29) is 12.1 Å². The molecule has 0 atom stereocenters. The highest BCUT2D eigenvalue weighted by atomic mass is 16.2. The first-order valence-electron chi connectivity index (χ1n) is 8.18. The van der Waals surface area contributed by atoms with Crippen molar-refractivity contribution < 1.29 is 4.79 Å². The Hall–Kier alpha value is -1.84. The van der Waals surface area contributed by atoms with Gasteiger partial charge in [0.05, 0.1) is 0 Å². The maximum atomic E-state index is 12.5. The molecule has 1 fully saturated rings. The third-order valence-corrected chi connectivity index (χ3v) is 4.95. The number of rotatable bonds is 1. The van der Waals surface area contributed by atoms with E-state index < -0.39 is 0 Å². The van der Waals surface area contributed by atoms with Gasteiger partial charge in [-0.05, 0) is 55.2 Å². The third kappa shape index (κ3) is 3.01. The third-order valence-electron chi connectivity index (χ3n) is 4.95. The summed E-state index contributed by atoms with van der Waals surface area (Å²) < 4.78 is 1.62. The molecule has 0 aliphatic heterocycles. The van der Waals surface area contributed by atoms with Crippen LogP contribution in [-0.2, 0) is 0 Å². The minimum absolute atomic E-state index is 0.0621. The summed E-state index contributed by atoms with van der Waals surface area (Å²) in [6.45, 7) is 6.94. The number of aromatic nitrogens is 2. The molecule has 0 saturated heterocycles. The number of nitrogens with one attached hydrogen (secondary N) is 1. The Balaban J connectivity index is 1.64. The van der Waals surface area contributed by atoms with Crippen LogP contribution in [0.4, 0.5) is 4.79 Å². The molecule has 3 rings (SSSR count). The Bertz CT molecular complexity index is 660. The fourth-order valence-corrected chi connectivity index (χ4v) is 3.48. The van der Waals surface area contributed by atoms with Gasteiger partial charge in [-0.15, -0.1) is 0 Å². The van der Waals surface area contributed by atoms with Crippen molar-refractivity contribution in [3.8, 4) is 0 Å². The van der Waals surface area contributed by atoms with Crippen LogP contribution in [0.5, 0.6) is 0 Å². The van der Waals surface area contributed by atoms with Crippen molar-refractivity contribution in [1.29, 1.82) is 0 Å². The molecule has 22 heavy (non-hydrogen) atoms. The second kappa shape index (κ2) is 5.75. The van der Waals surface area contributed by atoms with Gasteiger partial charge in [0.1, 0.15) is 5.65 Å². The summed E-state index contributed by atoms with van der Waals surface area (Å²) in [7, 11) is 0. The summed E-state index contributed by atoms with van der Waals surface area (Å²) in [6.07, 6.45) is 8.05. The van der Waals surface area contributed by atoms with E-state index >= 15 is 0 Å². The Kier molecular flexibility index (Phi) is 3.94. The zero-order valence-electron chi connectivity index (χ0n) is 13.7. The van der Waals surface area contributed by atoms with Crippen molar-refractivity contribution in [2.45, 2.75) is 52.5 Å². The molecule has 2 aromatic heterocycles. The van der Waals surface area contributed by atoms with Gasteiger partial charge in [0, 0.05) is 23.8 Å². The van der Waals surface area contributed by atoms with Crippen LogP contribution in [-0.4, -0.2) is 21.6 Å². The maximum absolute atomic E-state index is 12.5. The highest BCUT2D eigenvalue weighted by molar-refractivity contribution is 5.89. The second-order valence-corrected chi connectivity index (χ2v) is 7.47. The molecule has 1 aliphatic rings. The summed E-state index contributed by atoms with van der Waals surface area (Å²) in [5.74, 6) is 0.759. The van der Waals surface area contributed by atoms with Crippen LogP contribution in [0, 0.1) is 11.3 Å². The maximum Gasteiger partial charge on any atom is 0.327 e. The Morgan fingerprint density at radius 3 is 2.64 bits per heavy atom. The van der Waals surface area contributed by atoms with Crippen molar-refractivity contribution >= 4 is 17.1 Å². The topological polar surface area (TPSA) is 46.9 Å². The average Bonchev–Trinajstić information content (AvgIpc) is 2.91. The van der Waals surface area contributed by atoms with Crippen molar-refractivity contribution in [1.82, 2.24) is 14.9 Å². The summed E-state index contributed by atoms with van der Waals surface area (Å²) in [6, 6.07) is 6.01. The number of carbonyl (C=O) groups is 1. The molecular weight excluding hydrogens is 274 g/mol. The van der Waals surface area contributed by atoms with E-state index in [0.717, 1.165) is 29.8 Å². The zero-order valence-corrected chi connectivity index (χ0v) is 13.7. The number of fused-ring (bicyclic) bond motifs is 1. The summed E-state index contributed by atoms with van der Waals surface area (Å²) in [5.41, 5.74) is 1.10. The van der Waals surface area contributed by atoms with Crippen LogP contribution in [0.15, 0.2) is 30.6 Å². The van der Waals surface area contributed by atoms with Crippen molar-refractivity contribution in [3.63, 3.8) is 0 Å². The molecule has 0 unspecified atom stereocenters. The number of amides is 1. The molecule has 0 radical (unpaired) electrons. The van der Waals surface area contributed by atoms with Gasteiger partial charge in [0.15, 0.2) is 0 Å². The lowest BCUT2D eigenvalue weighted by atomic mass is 9.71. The summed E-state index contributed by atoms with van der Waals surface area (Å²) >= 11 is 0. The van der Waals surface area contributed by atoms with E-state index in [4.69, 9.17) is 0 Å². The number of hydrogen-bond donors (Lipinski definition) is 1. The fourth-order valence-electron chi connectivity index (χ4n) is 3.48. The SMILES string of the molecule is CC(C)(C)C1CCC(NC(=O)n2ccc3cccnc32)CC1. The summed E-state index contributed by atoms with van der Waals surface area (Å²) in [4.78, 5) is 16.8. The largest absolute Gasteiger partial charge is 0.335 e. The van der Waals surface area contributed by atoms with Gasteiger partial charge in [-0.2, -0.15) is 0 Å².